The van der Waals surface area contributed by atoms with Gasteiger partial charge >= 0.3 is 0 Å². The fourth-order valence-corrected chi connectivity index (χ4v) is 3.26. The summed E-state index contributed by atoms with van der Waals surface area (Å²) in [7, 11) is 0. The van der Waals surface area contributed by atoms with Gasteiger partial charge in [-0.1, -0.05) is 17.7 Å². The molecule has 2 aliphatic rings. The lowest BCUT2D eigenvalue weighted by Crippen LogP contribution is -2.37. The van der Waals surface area contributed by atoms with Crippen LogP contribution in [0.5, 0.6) is 0 Å². The minimum atomic E-state index is -0.227. The van der Waals surface area contributed by atoms with Gasteiger partial charge in [-0.2, -0.15) is 5.10 Å². The number of nitrogens with zero attached hydrogens (tertiary/aromatic N) is 2. The van der Waals surface area contributed by atoms with E-state index >= 15 is 0 Å². The van der Waals surface area contributed by atoms with Gasteiger partial charge in [0.2, 0.25) is 0 Å². The first-order valence-corrected chi connectivity index (χ1v) is 8.58. The van der Waals surface area contributed by atoms with Crippen LogP contribution >= 0.6 is 11.6 Å². The molecule has 24 heavy (non-hydrogen) atoms. The lowest BCUT2D eigenvalue weighted by atomic mass is 10.2. The Kier molecular flexibility index (Phi) is 4.16. The van der Waals surface area contributed by atoms with E-state index in [9.17, 15) is 4.79 Å². The molecule has 2 fully saturated rings. The molecule has 0 radical (unpaired) electrons. The van der Waals surface area contributed by atoms with Crippen LogP contribution in [0.4, 0.5) is 11.4 Å². The molecule has 1 amide bonds. The first-order chi connectivity index (χ1) is 11.7. The molecular formula is C17H19ClN4O2. The number of hydrogen-bond acceptors (Lipinski definition) is 4. The number of rotatable bonds is 4. The molecular weight excluding hydrogens is 328 g/mol. The Bertz CT molecular complexity index is 751. The van der Waals surface area contributed by atoms with Crippen LogP contribution in [0.25, 0.3) is 0 Å². The van der Waals surface area contributed by atoms with E-state index in [0.717, 1.165) is 24.5 Å². The van der Waals surface area contributed by atoms with Gasteiger partial charge in [0.25, 0.3) is 5.91 Å². The number of amides is 1. The van der Waals surface area contributed by atoms with Gasteiger partial charge in [0.15, 0.2) is 5.69 Å². The largest absolute Gasteiger partial charge is 0.378 e. The smallest absolute Gasteiger partial charge is 0.276 e. The number of anilines is 2. The predicted molar refractivity (Wildman–Crippen MR) is 93.0 cm³/mol. The molecule has 4 rings (SSSR count). The van der Waals surface area contributed by atoms with E-state index in [-0.39, 0.29) is 5.91 Å². The highest BCUT2D eigenvalue weighted by Crippen LogP contribution is 2.39. The van der Waals surface area contributed by atoms with Crippen LogP contribution in [0.2, 0.25) is 5.02 Å². The zero-order chi connectivity index (χ0) is 16.5. The molecule has 0 bridgehead atoms. The molecule has 1 aromatic heterocycles. The van der Waals surface area contributed by atoms with Gasteiger partial charge in [0.1, 0.15) is 0 Å². The number of aromatic amines is 1. The highest BCUT2D eigenvalue weighted by atomic mass is 35.5. The Balaban J connectivity index is 1.56. The second-order valence-corrected chi connectivity index (χ2v) is 6.58. The van der Waals surface area contributed by atoms with Crippen molar-refractivity contribution in [3.63, 3.8) is 0 Å². The standard InChI is InChI=1S/C17H19ClN4O2/c18-12-2-1-3-13(16(12)22-6-8-24-9-7-22)19-17(23)15-10-14(20-21-15)11-4-5-11/h1-3,10-11H,4-9H2,(H,19,23)(H,20,21). The van der Waals surface area contributed by atoms with Crippen LogP contribution < -0.4 is 10.2 Å². The number of para-hydroxylation sites is 1. The van der Waals surface area contributed by atoms with Gasteiger partial charge < -0.3 is 15.0 Å². The summed E-state index contributed by atoms with van der Waals surface area (Å²) in [4.78, 5) is 14.7. The van der Waals surface area contributed by atoms with Gasteiger partial charge in [0, 0.05) is 24.7 Å². The van der Waals surface area contributed by atoms with Crippen molar-refractivity contribution in [1.29, 1.82) is 0 Å². The molecule has 6 nitrogen and oxygen atoms in total. The highest BCUT2D eigenvalue weighted by Gasteiger charge is 2.27. The van der Waals surface area contributed by atoms with Gasteiger partial charge in [0.05, 0.1) is 29.6 Å². The average molecular weight is 347 g/mol. The molecule has 1 aliphatic carbocycles. The van der Waals surface area contributed by atoms with Crippen molar-refractivity contribution in [2.24, 2.45) is 0 Å². The van der Waals surface area contributed by atoms with Crippen LogP contribution in [0.15, 0.2) is 24.3 Å². The van der Waals surface area contributed by atoms with Gasteiger partial charge in [-0.25, -0.2) is 0 Å². The summed E-state index contributed by atoms with van der Waals surface area (Å²) in [6.07, 6.45) is 2.33. The number of nitrogens with one attached hydrogen (secondary N) is 2. The van der Waals surface area contributed by atoms with Crippen molar-refractivity contribution < 1.29 is 9.53 Å². The molecule has 0 atom stereocenters. The van der Waals surface area contributed by atoms with E-state index in [1.54, 1.807) is 0 Å². The van der Waals surface area contributed by atoms with Gasteiger partial charge in [-0.15, -0.1) is 0 Å². The number of carbonyl (C=O) groups excluding carboxylic acids is 1. The van der Waals surface area contributed by atoms with Crippen LogP contribution in [0, 0.1) is 0 Å². The van der Waals surface area contributed by atoms with Crippen molar-refractivity contribution in [3.8, 4) is 0 Å². The molecule has 126 valence electrons. The van der Waals surface area contributed by atoms with Crippen molar-refractivity contribution in [2.75, 3.05) is 36.5 Å². The zero-order valence-electron chi connectivity index (χ0n) is 13.2. The normalized spacial score (nSPS) is 17.8. The summed E-state index contributed by atoms with van der Waals surface area (Å²) in [5.74, 6) is 0.309. The van der Waals surface area contributed by atoms with E-state index in [4.69, 9.17) is 16.3 Å². The molecule has 1 saturated heterocycles. The molecule has 1 aromatic carbocycles. The number of H-pyrrole nitrogens is 1. The summed E-state index contributed by atoms with van der Waals surface area (Å²) >= 11 is 6.39. The number of halogens is 1. The maximum absolute atomic E-state index is 12.5. The van der Waals surface area contributed by atoms with Crippen LogP contribution in [0.1, 0.15) is 34.9 Å². The maximum atomic E-state index is 12.5. The SMILES string of the molecule is O=C(Nc1cccc(Cl)c1N1CCOCC1)c1cc(C2CC2)[nH]n1. The van der Waals surface area contributed by atoms with Crippen LogP contribution in [0.3, 0.4) is 0 Å². The Hall–Kier alpha value is -2.05. The quantitative estimate of drug-likeness (QED) is 0.892. The Morgan fingerprint density at radius 3 is 2.88 bits per heavy atom. The average Bonchev–Trinajstić information content (AvgIpc) is 3.32. The van der Waals surface area contributed by atoms with E-state index in [2.05, 4.69) is 20.4 Å². The zero-order valence-corrected chi connectivity index (χ0v) is 14.0. The van der Waals surface area contributed by atoms with E-state index in [1.807, 2.05) is 24.3 Å². The van der Waals surface area contributed by atoms with Gasteiger partial charge in [-0.05, 0) is 31.0 Å². The van der Waals surface area contributed by atoms with Crippen molar-refractivity contribution >= 4 is 28.9 Å². The molecule has 2 N–H and O–H groups in total. The van der Waals surface area contributed by atoms with Crippen molar-refractivity contribution in [2.45, 2.75) is 18.8 Å². The third-order valence-corrected chi connectivity index (χ3v) is 4.71. The first kappa shape index (κ1) is 15.5. The van der Waals surface area contributed by atoms with Gasteiger partial charge in [-0.3, -0.25) is 9.89 Å². The highest BCUT2D eigenvalue weighted by molar-refractivity contribution is 6.34. The lowest BCUT2D eigenvalue weighted by molar-refractivity contribution is 0.102. The van der Waals surface area contributed by atoms with E-state index < -0.39 is 0 Å². The minimum Gasteiger partial charge on any atom is -0.378 e. The molecule has 2 aromatic rings. The monoisotopic (exact) mass is 346 g/mol. The fourth-order valence-electron chi connectivity index (χ4n) is 2.97. The Morgan fingerprint density at radius 1 is 1.33 bits per heavy atom. The van der Waals surface area contributed by atoms with Crippen LogP contribution in [-0.2, 0) is 4.74 Å². The summed E-state index contributed by atoms with van der Waals surface area (Å²) in [6, 6.07) is 7.37. The molecule has 7 heteroatoms. The molecule has 1 aliphatic heterocycles. The predicted octanol–water partition coefficient (Wildman–Crippen LogP) is 3.03. The Labute approximate surface area is 145 Å². The third-order valence-electron chi connectivity index (χ3n) is 4.41. The summed E-state index contributed by atoms with van der Waals surface area (Å²) in [5.41, 5.74) is 2.99. The second kappa shape index (κ2) is 6.45. The number of benzene rings is 1. The third kappa shape index (κ3) is 3.12. The lowest BCUT2D eigenvalue weighted by Gasteiger charge is -2.31. The summed E-state index contributed by atoms with van der Waals surface area (Å²) in [5, 5.41) is 10.7. The molecule has 0 unspecified atom stereocenters. The first-order valence-electron chi connectivity index (χ1n) is 8.20. The number of ether oxygens (including phenoxy) is 1. The number of aromatic nitrogens is 2. The molecule has 2 heterocycles. The molecule has 0 spiro atoms. The second-order valence-electron chi connectivity index (χ2n) is 6.17. The fraction of sp³-hybridized carbons (Fsp3) is 0.412. The summed E-state index contributed by atoms with van der Waals surface area (Å²) < 4.78 is 5.40. The van der Waals surface area contributed by atoms with Crippen molar-refractivity contribution in [3.05, 3.63) is 40.7 Å². The van der Waals surface area contributed by atoms with E-state index in [0.29, 0.717) is 35.5 Å². The maximum Gasteiger partial charge on any atom is 0.276 e. The molecule has 1 saturated carbocycles. The minimum absolute atomic E-state index is 0.227. The van der Waals surface area contributed by atoms with Crippen LogP contribution in [-0.4, -0.2) is 42.4 Å². The van der Waals surface area contributed by atoms with E-state index in [1.165, 1.54) is 12.8 Å². The number of carbonyl (C=O) groups is 1. The van der Waals surface area contributed by atoms with Crippen molar-refractivity contribution in [1.82, 2.24) is 10.2 Å². The topological polar surface area (TPSA) is 70.2 Å². The summed E-state index contributed by atoms with van der Waals surface area (Å²) in [6.45, 7) is 2.81. The number of morpholine rings is 1. The number of hydrogen-bond donors (Lipinski definition) is 2. The Morgan fingerprint density at radius 2 is 2.12 bits per heavy atom.